The first kappa shape index (κ1) is 28.5. The third-order valence-corrected chi connectivity index (χ3v) is 7.03. The Labute approximate surface area is 179 Å². The van der Waals surface area contributed by atoms with Crippen molar-refractivity contribution in [2.24, 2.45) is 0 Å². The first-order valence-electron chi connectivity index (χ1n) is 11.8. The lowest BCUT2D eigenvalue weighted by Gasteiger charge is -2.11. The van der Waals surface area contributed by atoms with Crippen LogP contribution >= 0.6 is 19.6 Å². The zero-order valence-corrected chi connectivity index (χ0v) is 20.3. The van der Waals surface area contributed by atoms with Crippen LogP contribution in [-0.2, 0) is 9.09 Å². The second-order valence-corrected chi connectivity index (χ2v) is 10.9. The molecule has 0 fully saturated rings. The van der Waals surface area contributed by atoms with E-state index in [1.165, 1.54) is 103 Å². The standard InChI is InChI=1S/C22H47O4PS/c1-3-4-5-6-7-8-9-10-11-12-13-14-15-16-17-18-21-28-22(2)19-20-26-27(23,24)25/h22H,3-21H2,1-2H3,(H2,23,24,25). The van der Waals surface area contributed by atoms with Crippen LogP contribution in [0.15, 0.2) is 0 Å². The minimum atomic E-state index is -4.30. The van der Waals surface area contributed by atoms with E-state index in [1.807, 2.05) is 11.8 Å². The topological polar surface area (TPSA) is 66.8 Å². The first-order chi connectivity index (χ1) is 13.5. The van der Waals surface area contributed by atoms with E-state index >= 15 is 0 Å². The summed E-state index contributed by atoms with van der Waals surface area (Å²) in [6.45, 7) is 4.51. The molecule has 2 N–H and O–H groups in total. The average molecular weight is 439 g/mol. The molecule has 0 bridgehead atoms. The van der Waals surface area contributed by atoms with Gasteiger partial charge in [0.25, 0.3) is 0 Å². The van der Waals surface area contributed by atoms with Crippen LogP contribution in [0.3, 0.4) is 0 Å². The quantitative estimate of drug-likeness (QED) is 0.133. The van der Waals surface area contributed by atoms with Gasteiger partial charge in [-0.3, -0.25) is 4.52 Å². The molecule has 0 radical (unpaired) electrons. The monoisotopic (exact) mass is 438 g/mol. The van der Waals surface area contributed by atoms with Crippen LogP contribution in [0.1, 0.15) is 123 Å². The van der Waals surface area contributed by atoms with Crippen molar-refractivity contribution in [2.75, 3.05) is 12.4 Å². The number of unbranched alkanes of at least 4 members (excludes halogenated alkanes) is 15. The molecule has 1 unspecified atom stereocenters. The molecule has 1 atom stereocenters. The van der Waals surface area contributed by atoms with E-state index in [1.54, 1.807) is 0 Å². The molecule has 6 heteroatoms. The largest absolute Gasteiger partial charge is 0.469 e. The number of thioether (sulfide) groups is 1. The van der Waals surface area contributed by atoms with Gasteiger partial charge in [-0.2, -0.15) is 11.8 Å². The highest BCUT2D eigenvalue weighted by molar-refractivity contribution is 7.99. The summed E-state index contributed by atoms with van der Waals surface area (Å²) in [7, 11) is -4.30. The van der Waals surface area contributed by atoms with Crippen molar-refractivity contribution in [2.45, 2.75) is 128 Å². The number of phosphoric acid groups is 1. The molecule has 4 nitrogen and oxygen atoms in total. The van der Waals surface area contributed by atoms with Gasteiger partial charge in [-0.25, -0.2) is 4.57 Å². The maximum atomic E-state index is 10.6. The van der Waals surface area contributed by atoms with Crippen LogP contribution in [0.4, 0.5) is 0 Å². The summed E-state index contributed by atoms with van der Waals surface area (Å²) in [5.41, 5.74) is 0. The normalized spacial score (nSPS) is 13.1. The Morgan fingerprint density at radius 1 is 0.750 bits per heavy atom. The van der Waals surface area contributed by atoms with Crippen LogP contribution in [0.25, 0.3) is 0 Å². The summed E-state index contributed by atoms with van der Waals surface area (Å²) in [6.07, 6.45) is 23.0. The maximum Gasteiger partial charge on any atom is 0.469 e. The highest BCUT2D eigenvalue weighted by Gasteiger charge is 2.14. The molecule has 0 aliphatic carbocycles. The molecule has 0 rings (SSSR count). The molecule has 0 aromatic heterocycles. The highest BCUT2D eigenvalue weighted by Crippen LogP contribution is 2.36. The predicted molar refractivity (Wildman–Crippen MR) is 124 cm³/mol. The molecule has 0 saturated heterocycles. The molecule has 0 saturated carbocycles. The van der Waals surface area contributed by atoms with Crippen molar-refractivity contribution in [1.82, 2.24) is 0 Å². The Bertz CT molecular complexity index is 362. The fourth-order valence-electron chi connectivity index (χ4n) is 3.36. The number of phosphoric ester groups is 1. The fraction of sp³-hybridized carbons (Fsp3) is 1.00. The zero-order valence-electron chi connectivity index (χ0n) is 18.6. The SMILES string of the molecule is CCCCCCCCCCCCCCCCCCSC(C)CCOP(=O)(O)O. The predicted octanol–water partition coefficient (Wildman–Crippen LogP) is 7.87. The van der Waals surface area contributed by atoms with E-state index in [4.69, 9.17) is 9.79 Å². The number of rotatable bonds is 22. The van der Waals surface area contributed by atoms with Gasteiger partial charge in [0.05, 0.1) is 6.61 Å². The second-order valence-electron chi connectivity index (χ2n) is 8.10. The number of hydrogen-bond donors (Lipinski definition) is 2. The average Bonchev–Trinajstić information content (AvgIpc) is 2.63. The van der Waals surface area contributed by atoms with Crippen LogP contribution in [0.5, 0.6) is 0 Å². The van der Waals surface area contributed by atoms with Gasteiger partial charge in [0.2, 0.25) is 0 Å². The van der Waals surface area contributed by atoms with E-state index in [0.717, 1.165) is 5.75 Å². The smallest absolute Gasteiger partial charge is 0.303 e. The number of hydrogen-bond acceptors (Lipinski definition) is 3. The fourth-order valence-corrected chi connectivity index (χ4v) is 4.73. The third kappa shape index (κ3) is 24.5. The molecular weight excluding hydrogens is 391 g/mol. The lowest BCUT2D eigenvalue weighted by molar-refractivity contribution is 0.195. The molecule has 0 aliphatic heterocycles. The Kier molecular flexibility index (Phi) is 21.1. The molecule has 0 aromatic carbocycles. The summed E-state index contributed by atoms with van der Waals surface area (Å²) in [5.74, 6) is 1.13. The van der Waals surface area contributed by atoms with Crippen LogP contribution in [0, 0.1) is 0 Å². The highest BCUT2D eigenvalue weighted by atomic mass is 32.2. The first-order valence-corrected chi connectivity index (χ1v) is 14.3. The van der Waals surface area contributed by atoms with Gasteiger partial charge in [-0.05, 0) is 18.6 Å². The molecule has 0 heterocycles. The van der Waals surface area contributed by atoms with Gasteiger partial charge in [0.1, 0.15) is 0 Å². The molecule has 28 heavy (non-hydrogen) atoms. The maximum absolute atomic E-state index is 10.6. The van der Waals surface area contributed by atoms with Gasteiger partial charge in [0.15, 0.2) is 0 Å². The van der Waals surface area contributed by atoms with Crippen molar-refractivity contribution in [3.63, 3.8) is 0 Å². The lowest BCUT2D eigenvalue weighted by atomic mass is 10.0. The van der Waals surface area contributed by atoms with E-state index in [-0.39, 0.29) is 6.61 Å². The second kappa shape index (κ2) is 20.7. The molecule has 0 aromatic rings. The Morgan fingerprint density at radius 3 is 1.54 bits per heavy atom. The third-order valence-electron chi connectivity index (χ3n) is 5.18. The molecule has 0 amide bonds. The van der Waals surface area contributed by atoms with Gasteiger partial charge in [-0.15, -0.1) is 0 Å². The van der Waals surface area contributed by atoms with E-state index in [0.29, 0.717) is 11.7 Å². The summed E-state index contributed by atoms with van der Waals surface area (Å²) < 4.78 is 15.1. The molecule has 0 aliphatic rings. The Hall–Kier alpha value is 0.460. The Morgan fingerprint density at radius 2 is 1.14 bits per heavy atom. The summed E-state index contributed by atoms with van der Waals surface area (Å²) >= 11 is 1.88. The summed E-state index contributed by atoms with van der Waals surface area (Å²) in [4.78, 5) is 17.3. The molecular formula is C22H47O4PS. The van der Waals surface area contributed by atoms with Gasteiger partial charge in [-0.1, -0.05) is 110 Å². The van der Waals surface area contributed by atoms with E-state index in [9.17, 15) is 4.57 Å². The van der Waals surface area contributed by atoms with Crippen LogP contribution in [0.2, 0.25) is 0 Å². The lowest BCUT2D eigenvalue weighted by Crippen LogP contribution is -2.03. The van der Waals surface area contributed by atoms with Crippen molar-refractivity contribution in [1.29, 1.82) is 0 Å². The van der Waals surface area contributed by atoms with Crippen molar-refractivity contribution < 1.29 is 18.9 Å². The van der Waals surface area contributed by atoms with E-state index in [2.05, 4.69) is 18.4 Å². The van der Waals surface area contributed by atoms with Crippen molar-refractivity contribution in [3.05, 3.63) is 0 Å². The van der Waals surface area contributed by atoms with Gasteiger partial charge < -0.3 is 9.79 Å². The van der Waals surface area contributed by atoms with Crippen molar-refractivity contribution in [3.8, 4) is 0 Å². The van der Waals surface area contributed by atoms with Gasteiger partial charge >= 0.3 is 7.82 Å². The minimum Gasteiger partial charge on any atom is -0.303 e. The minimum absolute atomic E-state index is 0.136. The summed E-state index contributed by atoms with van der Waals surface area (Å²) in [6, 6.07) is 0. The molecule has 170 valence electrons. The zero-order chi connectivity index (χ0) is 20.9. The van der Waals surface area contributed by atoms with Gasteiger partial charge in [0, 0.05) is 5.25 Å². The Balaban J connectivity index is 3.14. The van der Waals surface area contributed by atoms with E-state index < -0.39 is 7.82 Å². The van der Waals surface area contributed by atoms with Crippen LogP contribution < -0.4 is 0 Å². The molecule has 0 spiro atoms. The summed E-state index contributed by atoms with van der Waals surface area (Å²) in [5, 5.41) is 0.392. The van der Waals surface area contributed by atoms with Crippen molar-refractivity contribution >= 4 is 19.6 Å². The van der Waals surface area contributed by atoms with Crippen LogP contribution in [-0.4, -0.2) is 27.4 Å².